The quantitative estimate of drug-likeness (QED) is 0.846. The average molecular weight is 212 g/mol. The van der Waals surface area contributed by atoms with E-state index in [0.29, 0.717) is 24.4 Å². The minimum atomic E-state index is -0.927. The molecule has 0 aliphatic heterocycles. The monoisotopic (exact) mass is 212 g/mol. The molecule has 1 aromatic heterocycles. The molecule has 0 bridgehead atoms. The summed E-state index contributed by atoms with van der Waals surface area (Å²) in [6.45, 7) is 0.529. The summed E-state index contributed by atoms with van der Waals surface area (Å²) in [7, 11) is 0. The van der Waals surface area contributed by atoms with Crippen LogP contribution in [-0.2, 0) is 6.42 Å². The van der Waals surface area contributed by atoms with Crippen molar-refractivity contribution in [1.29, 1.82) is 0 Å². The standard InChI is InChI=1S/C10H10F2N2O/c11-6-4-8-9(5-7(6)12)15-10(14-8)2-1-3-13/h4-5H,1-3,13H2. The molecule has 0 aliphatic carbocycles. The maximum absolute atomic E-state index is 12.8. The average Bonchev–Trinajstić information content (AvgIpc) is 2.58. The summed E-state index contributed by atoms with van der Waals surface area (Å²) in [5.41, 5.74) is 5.93. The molecule has 0 radical (unpaired) electrons. The summed E-state index contributed by atoms with van der Waals surface area (Å²) in [4.78, 5) is 4.02. The van der Waals surface area contributed by atoms with E-state index in [1.54, 1.807) is 0 Å². The van der Waals surface area contributed by atoms with Gasteiger partial charge < -0.3 is 10.2 Å². The Hall–Kier alpha value is -1.49. The number of nitrogens with two attached hydrogens (primary N) is 1. The predicted molar refractivity (Wildman–Crippen MR) is 51.3 cm³/mol. The van der Waals surface area contributed by atoms with E-state index in [2.05, 4.69) is 4.98 Å². The molecule has 2 aromatic rings. The third-order valence-electron chi connectivity index (χ3n) is 2.07. The number of aromatic nitrogens is 1. The van der Waals surface area contributed by atoms with Gasteiger partial charge in [-0.25, -0.2) is 13.8 Å². The fourth-order valence-corrected chi connectivity index (χ4v) is 1.33. The van der Waals surface area contributed by atoms with Crippen LogP contribution in [0.4, 0.5) is 8.78 Å². The summed E-state index contributed by atoms with van der Waals surface area (Å²) >= 11 is 0. The Kier molecular flexibility index (Phi) is 2.64. The molecule has 5 heteroatoms. The number of nitrogens with zero attached hydrogens (tertiary/aromatic N) is 1. The van der Waals surface area contributed by atoms with E-state index in [4.69, 9.17) is 10.2 Å². The number of aryl methyl sites for hydroxylation is 1. The van der Waals surface area contributed by atoms with Crippen molar-refractivity contribution < 1.29 is 13.2 Å². The van der Waals surface area contributed by atoms with Gasteiger partial charge in [-0.15, -0.1) is 0 Å². The molecule has 2 rings (SSSR count). The Morgan fingerprint density at radius 2 is 2.00 bits per heavy atom. The molecule has 0 saturated heterocycles. The van der Waals surface area contributed by atoms with Crippen molar-refractivity contribution in [2.75, 3.05) is 6.54 Å². The van der Waals surface area contributed by atoms with Crippen LogP contribution in [0.3, 0.4) is 0 Å². The Morgan fingerprint density at radius 3 is 2.73 bits per heavy atom. The zero-order valence-electron chi connectivity index (χ0n) is 7.96. The number of fused-ring (bicyclic) bond motifs is 1. The first-order valence-corrected chi connectivity index (χ1v) is 4.65. The summed E-state index contributed by atoms with van der Waals surface area (Å²) in [6.07, 6.45) is 1.31. The maximum Gasteiger partial charge on any atom is 0.195 e. The van der Waals surface area contributed by atoms with Gasteiger partial charge in [-0.3, -0.25) is 0 Å². The first kappa shape index (κ1) is 10.0. The molecule has 1 aromatic carbocycles. The first-order chi connectivity index (χ1) is 7.20. The lowest BCUT2D eigenvalue weighted by molar-refractivity contribution is 0.500. The minimum Gasteiger partial charge on any atom is -0.441 e. The van der Waals surface area contributed by atoms with Crippen LogP contribution in [0.2, 0.25) is 0 Å². The van der Waals surface area contributed by atoms with Crippen LogP contribution in [0, 0.1) is 11.6 Å². The van der Waals surface area contributed by atoms with Crippen molar-refractivity contribution in [3.05, 3.63) is 29.7 Å². The number of benzene rings is 1. The predicted octanol–water partition coefficient (Wildman–Crippen LogP) is 2.00. The van der Waals surface area contributed by atoms with Gasteiger partial charge in [-0.2, -0.15) is 0 Å². The lowest BCUT2D eigenvalue weighted by atomic mass is 10.3. The molecule has 0 atom stereocenters. The van der Waals surface area contributed by atoms with Crippen LogP contribution in [0.1, 0.15) is 12.3 Å². The lowest BCUT2D eigenvalue weighted by Gasteiger charge is -1.90. The summed E-state index contributed by atoms with van der Waals surface area (Å²) in [6, 6.07) is 2.03. The van der Waals surface area contributed by atoms with Crippen molar-refractivity contribution in [2.45, 2.75) is 12.8 Å². The van der Waals surface area contributed by atoms with Crippen LogP contribution in [0.25, 0.3) is 11.1 Å². The van der Waals surface area contributed by atoms with Gasteiger partial charge in [0.1, 0.15) is 5.52 Å². The molecule has 0 spiro atoms. The second-order valence-electron chi connectivity index (χ2n) is 3.23. The molecule has 0 unspecified atom stereocenters. The molecular weight excluding hydrogens is 202 g/mol. The number of rotatable bonds is 3. The molecule has 15 heavy (non-hydrogen) atoms. The van der Waals surface area contributed by atoms with Crippen LogP contribution in [0.15, 0.2) is 16.5 Å². The second kappa shape index (κ2) is 3.94. The van der Waals surface area contributed by atoms with Gasteiger partial charge in [-0.05, 0) is 13.0 Å². The molecule has 0 aliphatic rings. The molecule has 2 N–H and O–H groups in total. The van der Waals surface area contributed by atoms with Gasteiger partial charge in [0.2, 0.25) is 0 Å². The molecule has 80 valence electrons. The van der Waals surface area contributed by atoms with Crippen LogP contribution in [0.5, 0.6) is 0 Å². The number of oxazole rings is 1. The van der Waals surface area contributed by atoms with Crippen molar-refractivity contribution in [2.24, 2.45) is 5.73 Å². The summed E-state index contributed by atoms with van der Waals surface area (Å²) < 4.78 is 30.9. The van der Waals surface area contributed by atoms with Gasteiger partial charge in [0, 0.05) is 18.6 Å². The minimum absolute atomic E-state index is 0.265. The summed E-state index contributed by atoms with van der Waals surface area (Å²) in [5, 5.41) is 0. The summed E-state index contributed by atoms with van der Waals surface area (Å²) in [5.74, 6) is -1.38. The molecule has 0 amide bonds. The molecule has 0 fully saturated rings. The fourth-order valence-electron chi connectivity index (χ4n) is 1.33. The van der Waals surface area contributed by atoms with Crippen molar-refractivity contribution in [1.82, 2.24) is 4.98 Å². The second-order valence-corrected chi connectivity index (χ2v) is 3.23. The number of hydrogen-bond acceptors (Lipinski definition) is 3. The highest BCUT2D eigenvalue weighted by Crippen LogP contribution is 2.19. The topological polar surface area (TPSA) is 52.0 Å². The van der Waals surface area contributed by atoms with E-state index in [9.17, 15) is 8.78 Å². The normalized spacial score (nSPS) is 11.1. The van der Waals surface area contributed by atoms with Crippen LogP contribution < -0.4 is 5.73 Å². The van der Waals surface area contributed by atoms with Gasteiger partial charge in [-0.1, -0.05) is 0 Å². The molecule has 1 heterocycles. The third kappa shape index (κ3) is 1.97. The van der Waals surface area contributed by atoms with Crippen molar-refractivity contribution >= 4 is 11.1 Å². The van der Waals surface area contributed by atoms with E-state index in [1.807, 2.05) is 0 Å². The van der Waals surface area contributed by atoms with Gasteiger partial charge in [0.15, 0.2) is 23.1 Å². The van der Waals surface area contributed by atoms with Gasteiger partial charge >= 0.3 is 0 Å². The number of halogens is 2. The van der Waals surface area contributed by atoms with Crippen LogP contribution in [-0.4, -0.2) is 11.5 Å². The Morgan fingerprint density at radius 1 is 1.27 bits per heavy atom. The fraction of sp³-hybridized carbons (Fsp3) is 0.300. The Labute approximate surface area is 84.9 Å². The third-order valence-corrected chi connectivity index (χ3v) is 2.07. The van der Waals surface area contributed by atoms with Crippen LogP contribution >= 0.6 is 0 Å². The Balaban J connectivity index is 2.38. The van der Waals surface area contributed by atoms with E-state index in [0.717, 1.165) is 18.6 Å². The van der Waals surface area contributed by atoms with Crippen molar-refractivity contribution in [3.63, 3.8) is 0 Å². The van der Waals surface area contributed by atoms with E-state index in [1.165, 1.54) is 0 Å². The molecule has 3 nitrogen and oxygen atoms in total. The van der Waals surface area contributed by atoms with E-state index in [-0.39, 0.29) is 5.58 Å². The zero-order chi connectivity index (χ0) is 10.8. The highest BCUT2D eigenvalue weighted by atomic mass is 19.2. The van der Waals surface area contributed by atoms with E-state index >= 15 is 0 Å². The van der Waals surface area contributed by atoms with Crippen molar-refractivity contribution in [3.8, 4) is 0 Å². The molecule has 0 saturated carbocycles. The zero-order valence-corrected chi connectivity index (χ0v) is 7.96. The number of hydrogen-bond donors (Lipinski definition) is 1. The lowest BCUT2D eigenvalue weighted by Crippen LogP contribution is -2.00. The first-order valence-electron chi connectivity index (χ1n) is 4.65. The highest BCUT2D eigenvalue weighted by Gasteiger charge is 2.10. The SMILES string of the molecule is NCCCc1nc2cc(F)c(F)cc2o1. The van der Waals surface area contributed by atoms with Gasteiger partial charge in [0.05, 0.1) is 0 Å². The highest BCUT2D eigenvalue weighted by molar-refractivity contribution is 5.72. The van der Waals surface area contributed by atoms with Gasteiger partial charge in [0.25, 0.3) is 0 Å². The largest absolute Gasteiger partial charge is 0.441 e. The maximum atomic E-state index is 12.8. The smallest absolute Gasteiger partial charge is 0.195 e. The molecular formula is C10H10F2N2O. The Bertz CT molecular complexity index is 442. The van der Waals surface area contributed by atoms with E-state index < -0.39 is 11.6 Å².